The van der Waals surface area contributed by atoms with Crippen molar-refractivity contribution in [2.75, 3.05) is 32.0 Å². The minimum absolute atomic E-state index is 0.505. The minimum atomic E-state index is 0.505. The Labute approximate surface area is 132 Å². The van der Waals surface area contributed by atoms with Crippen LogP contribution in [0.15, 0.2) is 0 Å². The first kappa shape index (κ1) is 18.3. The number of piperidine rings is 1. The number of hydrogen-bond acceptors (Lipinski definition) is 3. The molecule has 1 atom stereocenters. The third-order valence-electron chi connectivity index (χ3n) is 4.15. The molecular weight excluding hydrogens is 266 g/mol. The van der Waals surface area contributed by atoms with Gasteiger partial charge in [0.2, 0.25) is 0 Å². The maximum atomic E-state index is 5.90. The second-order valence-corrected chi connectivity index (χ2v) is 6.58. The highest BCUT2D eigenvalue weighted by atomic mass is 32.1. The molecule has 0 N–H and O–H groups in total. The molecule has 0 radical (unpaired) electrons. The van der Waals surface area contributed by atoms with Crippen LogP contribution in [0.2, 0.25) is 0 Å². The molecule has 0 aromatic rings. The number of unbranched alkanes of at least 4 members (excludes halogenated alkanes) is 6. The summed E-state index contributed by atoms with van der Waals surface area (Å²) in [7, 11) is 0. The Morgan fingerprint density at radius 2 is 1.75 bits per heavy atom. The van der Waals surface area contributed by atoms with E-state index < -0.39 is 0 Å². The third kappa shape index (κ3) is 9.25. The number of hydrogen-bond donors (Lipinski definition) is 1. The van der Waals surface area contributed by atoms with Gasteiger partial charge in [0.15, 0.2) is 0 Å². The Morgan fingerprint density at radius 1 is 1.05 bits per heavy atom. The van der Waals surface area contributed by atoms with Crippen molar-refractivity contribution < 1.29 is 4.74 Å². The van der Waals surface area contributed by atoms with Gasteiger partial charge >= 0.3 is 0 Å². The summed E-state index contributed by atoms with van der Waals surface area (Å²) in [5.41, 5.74) is 0. The van der Waals surface area contributed by atoms with Crippen LogP contribution in [0.4, 0.5) is 0 Å². The third-order valence-corrected chi connectivity index (χ3v) is 4.47. The summed E-state index contributed by atoms with van der Waals surface area (Å²) < 4.78 is 5.90. The fourth-order valence-corrected chi connectivity index (χ4v) is 3.19. The van der Waals surface area contributed by atoms with Crippen molar-refractivity contribution in [2.24, 2.45) is 0 Å². The molecule has 3 heteroatoms. The van der Waals surface area contributed by atoms with Gasteiger partial charge in [-0.15, -0.1) is 0 Å². The van der Waals surface area contributed by atoms with Crippen LogP contribution in [-0.4, -0.2) is 43.0 Å². The lowest BCUT2D eigenvalue weighted by atomic mass is 10.1. The number of thiol groups is 1. The number of rotatable bonds is 12. The van der Waals surface area contributed by atoms with E-state index in [0.29, 0.717) is 6.10 Å². The lowest BCUT2D eigenvalue weighted by molar-refractivity contribution is -0.000363. The van der Waals surface area contributed by atoms with E-state index in [1.807, 2.05) is 0 Å². The van der Waals surface area contributed by atoms with Gasteiger partial charge in [0.1, 0.15) is 0 Å². The van der Waals surface area contributed by atoms with Crippen LogP contribution in [0.5, 0.6) is 0 Å². The molecule has 1 aliphatic heterocycles. The topological polar surface area (TPSA) is 12.5 Å². The van der Waals surface area contributed by atoms with Crippen LogP contribution >= 0.6 is 12.6 Å². The molecule has 0 aromatic carbocycles. The van der Waals surface area contributed by atoms with Crippen molar-refractivity contribution >= 4 is 12.6 Å². The van der Waals surface area contributed by atoms with Crippen LogP contribution in [0, 0.1) is 0 Å². The summed E-state index contributed by atoms with van der Waals surface area (Å²) in [5, 5.41) is 0. The molecule has 2 nitrogen and oxygen atoms in total. The fraction of sp³-hybridized carbons (Fsp3) is 1.00. The highest BCUT2D eigenvalue weighted by molar-refractivity contribution is 7.80. The van der Waals surface area contributed by atoms with Gasteiger partial charge < -0.3 is 9.64 Å². The second kappa shape index (κ2) is 13.0. The minimum Gasteiger partial charge on any atom is -0.377 e. The van der Waals surface area contributed by atoms with Crippen molar-refractivity contribution in [1.82, 2.24) is 4.90 Å². The summed E-state index contributed by atoms with van der Waals surface area (Å²) in [6.45, 7) is 6.86. The molecule has 120 valence electrons. The van der Waals surface area contributed by atoms with Crippen LogP contribution in [0.3, 0.4) is 0 Å². The predicted molar refractivity (Wildman–Crippen MR) is 91.9 cm³/mol. The summed E-state index contributed by atoms with van der Waals surface area (Å²) in [6.07, 6.45) is 13.9. The molecule has 1 rings (SSSR count). The molecule has 1 unspecified atom stereocenters. The zero-order chi connectivity index (χ0) is 14.5. The Morgan fingerprint density at radius 3 is 2.45 bits per heavy atom. The van der Waals surface area contributed by atoms with Gasteiger partial charge in [0.05, 0.1) is 6.10 Å². The Bertz CT molecular complexity index is 213. The van der Waals surface area contributed by atoms with Gasteiger partial charge in [-0.2, -0.15) is 12.6 Å². The van der Waals surface area contributed by atoms with Crippen LogP contribution in [0.25, 0.3) is 0 Å². The zero-order valence-corrected chi connectivity index (χ0v) is 14.4. The van der Waals surface area contributed by atoms with Gasteiger partial charge in [-0.25, -0.2) is 0 Å². The molecule has 1 fully saturated rings. The molecular formula is C17H35NOS. The zero-order valence-electron chi connectivity index (χ0n) is 13.5. The van der Waals surface area contributed by atoms with E-state index >= 15 is 0 Å². The smallest absolute Gasteiger partial charge is 0.0702 e. The van der Waals surface area contributed by atoms with Crippen molar-refractivity contribution in [1.29, 1.82) is 0 Å². The summed E-state index contributed by atoms with van der Waals surface area (Å²) in [6, 6.07) is 0. The van der Waals surface area contributed by atoms with Gasteiger partial charge in [-0.1, -0.05) is 39.0 Å². The number of likely N-dealkylation sites (tertiary alicyclic amines) is 1. The van der Waals surface area contributed by atoms with E-state index in [1.165, 1.54) is 77.4 Å². The SMILES string of the molecule is CCCOC1CCCN(CCCCCCCCCS)C1. The Balaban J connectivity index is 1.93. The number of ether oxygens (including phenoxy) is 1. The van der Waals surface area contributed by atoms with E-state index in [-0.39, 0.29) is 0 Å². The molecule has 0 spiro atoms. The van der Waals surface area contributed by atoms with Crippen molar-refractivity contribution in [3.63, 3.8) is 0 Å². The lowest BCUT2D eigenvalue weighted by Crippen LogP contribution is -2.40. The molecule has 1 heterocycles. The van der Waals surface area contributed by atoms with Gasteiger partial charge in [-0.05, 0) is 50.9 Å². The van der Waals surface area contributed by atoms with Gasteiger partial charge in [0, 0.05) is 13.2 Å². The summed E-state index contributed by atoms with van der Waals surface area (Å²) in [4.78, 5) is 2.62. The normalized spacial score (nSPS) is 20.4. The molecule has 0 aromatic heterocycles. The molecule has 1 aliphatic rings. The lowest BCUT2D eigenvalue weighted by Gasteiger charge is -2.32. The number of nitrogens with zero attached hydrogens (tertiary/aromatic N) is 1. The van der Waals surface area contributed by atoms with E-state index in [0.717, 1.165) is 18.8 Å². The first-order valence-corrected chi connectivity index (χ1v) is 9.45. The van der Waals surface area contributed by atoms with E-state index in [2.05, 4.69) is 24.5 Å². The Hall–Kier alpha value is 0.270. The molecule has 0 bridgehead atoms. The first-order chi connectivity index (χ1) is 9.86. The fourth-order valence-electron chi connectivity index (χ4n) is 2.97. The Kier molecular flexibility index (Phi) is 11.9. The van der Waals surface area contributed by atoms with Crippen LogP contribution < -0.4 is 0 Å². The molecule has 0 saturated carbocycles. The van der Waals surface area contributed by atoms with Crippen LogP contribution in [0.1, 0.15) is 71.1 Å². The maximum absolute atomic E-state index is 5.90. The quantitative estimate of drug-likeness (QED) is 0.420. The largest absolute Gasteiger partial charge is 0.377 e. The highest BCUT2D eigenvalue weighted by Crippen LogP contribution is 2.15. The summed E-state index contributed by atoms with van der Waals surface area (Å²) >= 11 is 4.25. The molecule has 0 aliphatic carbocycles. The van der Waals surface area contributed by atoms with Gasteiger partial charge in [-0.3, -0.25) is 0 Å². The first-order valence-electron chi connectivity index (χ1n) is 8.81. The van der Waals surface area contributed by atoms with Gasteiger partial charge in [0.25, 0.3) is 0 Å². The average Bonchev–Trinajstić information content (AvgIpc) is 2.48. The van der Waals surface area contributed by atoms with E-state index in [4.69, 9.17) is 4.74 Å². The molecule has 1 saturated heterocycles. The van der Waals surface area contributed by atoms with E-state index in [9.17, 15) is 0 Å². The second-order valence-electron chi connectivity index (χ2n) is 6.13. The monoisotopic (exact) mass is 301 g/mol. The van der Waals surface area contributed by atoms with Crippen molar-refractivity contribution in [2.45, 2.75) is 77.2 Å². The van der Waals surface area contributed by atoms with Crippen LogP contribution in [-0.2, 0) is 4.74 Å². The average molecular weight is 302 g/mol. The molecule has 20 heavy (non-hydrogen) atoms. The predicted octanol–water partition coefficient (Wildman–Crippen LogP) is 4.54. The van der Waals surface area contributed by atoms with E-state index in [1.54, 1.807) is 0 Å². The van der Waals surface area contributed by atoms with Crippen molar-refractivity contribution in [3.05, 3.63) is 0 Å². The maximum Gasteiger partial charge on any atom is 0.0702 e. The molecule has 0 amide bonds. The summed E-state index contributed by atoms with van der Waals surface area (Å²) in [5.74, 6) is 1.05. The van der Waals surface area contributed by atoms with Crippen molar-refractivity contribution in [3.8, 4) is 0 Å². The highest BCUT2D eigenvalue weighted by Gasteiger charge is 2.19. The standard InChI is InChI=1S/C17H35NOS/c1-2-14-19-17-11-10-13-18(16-17)12-8-6-4-3-5-7-9-15-20/h17,20H,2-16H2,1H3.